The van der Waals surface area contributed by atoms with Gasteiger partial charge in [0.15, 0.2) is 5.82 Å². The van der Waals surface area contributed by atoms with E-state index in [9.17, 15) is 4.79 Å². The van der Waals surface area contributed by atoms with E-state index in [0.29, 0.717) is 18.3 Å². The molecule has 0 saturated heterocycles. The molecule has 0 spiro atoms. The molecule has 35 heavy (non-hydrogen) atoms. The summed E-state index contributed by atoms with van der Waals surface area (Å²) in [4.78, 5) is 18.0. The number of H-pyrrole nitrogens is 1. The fraction of sp³-hybridized carbons (Fsp3) is 0.444. The van der Waals surface area contributed by atoms with Crippen molar-refractivity contribution in [3.05, 3.63) is 70.5 Å². The van der Waals surface area contributed by atoms with Crippen molar-refractivity contribution >= 4 is 0 Å². The lowest BCUT2D eigenvalue weighted by molar-refractivity contribution is 0.315. The van der Waals surface area contributed by atoms with E-state index in [2.05, 4.69) is 63.0 Å². The molecule has 0 amide bonds. The molecule has 1 aromatic carbocycles. The highest BCUT2D eigenvalue weighted by Crippen LogP contribution is 2.28. The molecule has 1 saturated carbocycles. The van der Waals surface area contributed by atoms with Gasteiger partial charge in [0.25, 0.3) is 0 Å². The minimum absolute atomic E-state index is 0.121. The van der Waals surface area contributed by atoms with Crippen molar-refractivity contribution in [3.8, 4) is 22.6 Å². The second kappa shape index (κ2) is 10.8. The van der Waals surface area contributed by atoms with E-state index in [1.807, 2.05) is 21.3 Å². The molecular weight excluding hydrogens is 438 g/mol. The van der Waals surface area contributed by atoms with Gasteiger partial charge in [-0.3, -0.25) is 14.1 Å². The van der Waals surface area contributed by atoms with Gasteiger partial charge in [-0.05, 0) is 59.7 Å². The van der Waals surface area contributed by atoms with Gasteiger partial charge in [0.2, 0.25) is 0 Å². The Morgan fingerprint density at radius 2 is 1.91 bits per heavy atom. The molecule has 0 radical (unpaired) electrons. The summed E-state index contributed by atoms with van der Waals surface area (Å²) in [6.45, 7) is 3.63. The van der Waals surface area contributed by atoms with Gasteiger partial charge in [0.1, 0.15) is 0 Å². The average molecular weight is 472 g/mol. The Kier molecular flexibility index (Phi) is 7.16. The van der Waals surface area contributed by atoms with Crippen LogP contribution in [0.5, 0.6) is 0 Å². The quantitative estimate of drug-likeness (QED) is 0.376. The van der Waals surface area contributed by atoms with E-state index in [1.165, 1.54) is 32.1 Å². The third-order valence-electron chi connectivity index (χ3n) is 7.07. The topological polar surface area (TPSA) is 94.3 Å². The number of aromatic nitrogens is 7. The summed E-state index contributed by atoms with van der Waals surface area (Å²) in [5.74, 6) is 1.21. The summed E-state index contributed by atoms with van der Waals surface area (Å²) in [5.41, 5.74) is 5.01. The fourth-order valence-electron chi connectivity index (χ4n) is 5.14. The molecule has 182 valence electrons. The van der Waals surface area contributed by atoms with Gasteiger partial charge >= 0.3 is 5.69 Å². The molecule has 5 rings (SSSR count). The number of imidazole rings is 1. The number of pyridine rings is 1. The van der Waals surface area contributed by atoms with Crippen LogP contribution < -0.4 is 5.69 Å². The first-order chi connectivity index (χ1) is 17.2. The fourth-order valence-corrected chi connectivity index (χ4v) is 5.14. The number of nitrogens with zero attached hydrogens (tertiary/aromatic N) is 6. The van der Waals surface area contributed by atoms with Crippen LogP contribution in [-0.4, -0.2) is 34.7 Å². The molecule has 0 bridgehead atoms. The predicted octanol–water partition coefficient (Wildman–Crippen LogP) is 4.86. The Bertz CT molecular complexity index is 1280. The van der Waals surface area contributed by atoms with Gasteiger partial charge in [-0.15, -0.1) is 5.10 Å². The minimum atomic E-state index is 0.121. The Hall–Kier alpha value is -3.55. The van der Waals surface area contributed by atoms with Gasteiger partial charge in [0, 0.05) is 35.8 Å². The summed E-state index contributed by atoms with van der Waals surface area (Å²) in [7, 11) is 0. The number of nitrogens with one attached hydrogen (secondary N) is 1. The molecule has 1 fully saturated rings. The predicted molar refractivity (Wildman–Crippen MR) is 136 cm³/mol. The zero-order valence-corrected chi connectivity index (χ0v) is 20.4. The normalized spacial score (nSPS) is 14.4. The number of hydrogen-bond acceptors (Lipinski definition) is 5. The maximum Gasteiger partial charge on any atom is 0.328 e. The standard InChI is InChI=1S/C27H33N7O/c1-2-3-10-23-19-33(17-20-8-5-4-6-9-20)27(35)34(23)18-21-12-14-22(15-13-21)25-24(11-7-16-28-25)26-29-31-32-30-26/h7,11-16,19-20H,2-6,8-10,17-18H2,1H3,(H,29,30,31,32). The first kappa shape index (κ1) is 23.2. The van der Waals surface area contributed by atoms with E-state index in [-0.39, 0.29) is 5.69 Å². The molecular formula is C27H33N7O. The Labute approximate surface area is 205 Å². The lowest BCUT2D eigenvalue weighted by Crippen LogP contribution is -2.28. The third-order valence-corrected chi connectivity index (χ3v) is 7.07. The molecule has 8 nitrogen and oxygen atoms in total. The van der Waals surface area contributed by atoms with Gasteiger partial charge in [-0.25, -0.2) is 9.89 Å². The minimum Gasteiger partial charge on any atom is -0.299 e. The largest absolute Gasteiger partial charge is 0.328 e. The van der Waals surface area contributed by atoms with Crippen LogP contribution in [0.1, 0.15) is 63.1 Å². The van der Waals surface area contributed by atoms with E-state index in [4.69, 9.17) is 0 Å². The Balaban J connectivity index is 1.39. The number of rotatable bonds is 9. The van der Waals surface area contributed by atoms with E-state index in [0.717, 1.165) is 53.9 Å². The number of tetrazole rings is 1. The van der Waals surface area contributed by atoms with Crippen LogP contribution in [0.2, 0.25) is 0 Å². The molecule has 0 unspecified atom stereocenters. The molecule has 1 aliphatic carbocycles. The summed E-state index contributed by atoms with van der Waals surface area (Å²) >= 11 is 0. The van der Waals surface area contributed by atoms with Crippen LogP contribution in [0.3, 0.4) is 0 Å². The van der Waals surface area contributed by atoms with Crippen LogP contribution in [0, 0.1) is 5.92 Å². The van der Waals surface area contributed by atoms with Crippen molar-refractivity contribution in [3.63, 3.8) is 0 Å². The van der Waals surface area contributed by atoms with Crippen molar-refractivity contribution in [2.24, 2.45) is 5.92 Å². The van der Waals surface area contributed by atoms with Crippen LogP contribution in [0.15, 0.2) is 53.6 Å². The Morgan fingerprint density at radius 1 is 1.09 bits per heavy atom. The number of hydrogen-bond donors (Lipinski definition) is 1. The van der Waals surface area contributed by atoms with Crippen molar-refractivity contribution in [2.75, 3.05) is 0 Å². The maximum absolute atomic E-state index is 13.4. The molecule has 1 N–H and O–H groups in total. The van der Waals surface area contributed by atoms with Gasteiger partial charge in [-0.2, -0.15) is 0 Å². The van der Waals surface area contributed by atoms with Crippen LogP contribution in [0.25, 0.3) is 22.6 Å². The molecule has 3 aromatic heterocycles. The molecule has 3 heterocycles. The van der Waals surface area contributed by atoms with Crippen molar-refractivity contribution in [1.29, 1.82) is 0 Å². The summed E-state index contributed by atoms with van der Waals surface area (Å²) in [5, 5.41) is 14.2. The average Bonchev–Trinajstić information content (AvgIpc) is 3.54. The number of benzene rings is 1. The highest BCUT2D eigenvalue weighted by molar-refractivity contribution is 5.76. The van der Waals surface area contributed by atoms with Crippen molar-refractivity contribution < 1.29 is 0 Å². The van der Waals surface area contributed by atoms with Crippen molar-refractivity contribution in [2.45, 2.75) is 71.4 Å². The SMILES string of the molecule is CCCCc1cn(CC2CCCCC2)c(=O)n1Cc1ccc(-c2ncccc2-c2nnn[nH]2)cc1. The summed E-state index contributed by atoms with van der Waals surface area (Å²) in [6.07, 6.45) is 13.4. The zero-order valence-electron chi connectivity index (χ0n) is 20.4. The molecule has 0 atom stereocenters. The third kappa shape index (κ3) is 5.26. The van der Waals surface area contributed by atoms with Crippen molar-refractivity contribution in [1.82, 2.24) is 34.7 Å². The second-order valence-corrected chi connectivity index (χ2v) is 9.60. The van der Waals surface area contributed by atoms with E-state index < -0.39 is 0 Å². The lowest BCUT2D eigenvalue weighted by atomic mass is 9.89. The second-order valence-electron chi connectivity index (χ2n) is 9.60. The first-order valence-corrected chi connectivity index (χ1v) is 12.8. The number of aromatic amines is 1. The van der Waals surface area contributed by atoms with Crippen LogP contribution >= 0.6 is 0 Å². The summed E-state index contributed by atoms with van der Waals surface area (Å²) in [6, 6.07) is 12.1. The lowest BCUT2D eigenvalue weighted by Gasteiger charge is -2.21. The van der Waals surface area contributed by atoms with E-state index >= 15 is 0 Å². The van der Waals surface area contributed by atoms with Gasteiger partial charge in [0.05, 0.1) is 12.2 Å². The van der Waals surface area contributed by atoms with Crippen LogP contribution in [0.4, 0.5) is 0 Å². The monoisotopic (exact) mass is 471 g/mol. The zero-order chi connectivity index (χ0) is 24.0. The maximum atomic E-state index is 13.4. The number of unbranched alkanes of at least 4 members (excludes halogenated alkanes) is 1. The summed E-state index contributed by atoms with van der Waals surface area (Å²) < 4.78 is 3.95. The molecule has 0 aliphatic heterocycles. The molecule has 8 heteroatoms. The number of aryl methyl sites for hydroxylation is 1. The molecule has 1 aliphatic rings. The van der Waals surface area contributed by atoms with Crippen LogP contribution in [-0.2, 0) is 19.5 Å². The Morgan fingerprint density at radius 3 is 2.66 bits per heavy atom. The highest BCUT2D eigenvalue weighted by Gasteiger charge is 2.18. The molecule has 4 aromatic rings. The highest BCUT2D eigenvalue weighted by atomic mass is 16.1. The van der Waals surface area contributed by atoms with Gasteiger partial charge in [-0.1, -0.05) is 56.9 Å². The van der Waals surface area contributed by atoms with Gasteiger partial charge < -0.3 is 0 Å². The smallest absolute Gasteiger partial charge is 0.299 e. The van der Waals surface area contributed by atoms with E-state index in [1.54, 1.807) is 6.20 Å². The first-order valence-electron chi connectivity index (χ1n) is 12.8.